The molecule has 4 nitrogen and oxygen atoms in total. The number of benzene rings is 2. The summed E-state index contributed by atoms with van der Waals surface area (Å²) in [5.74, 6) is 0.825. The van der Waals surface area contributed by atoms with E-state index in [9.17, 15) is 9.59 Å². The molecule has 1 atom stereocenters. The molecule has 1 saturated carbocycles. The van der Waals surface area contributed by atoms with E-state index in [0.717, 1.165) is 53.3 Å². The summed E-state index contributed by atoms with van der Waals surface area (Å²) in [6.07, 6.45) is 6.82. The summed E-state index contributed by atoms with van der Waals surface area (Å²) >= 11 is 7.67. The van der Waals surface area contributed by atoms with Gasteiger partial charge in [0.05, 0.1) is 0 Å². The fourth-order valence-electron chi connectivity index (χ4n) is 4.13. The minimum absolute atomic E-state index is 0.0265. The van der Waals surface area contributed by atoms with Gasteiger partial charge in [0.1, 0.15) is 6.04 Å². The Morgan fingerprint density at radius 2 is 1.73 bits per heavy atom. The standard InChI is InChI=1S/C27H35ClN2O2S/c1-20-10-12-22(13-11-20)19-30(21(2)27(32)29-24-7-4-3-5-8-24)26(31)9-6-18-33-25-16-14-23(28)15-17-25/h10-17,21,24H,3-9,18-19H2,1-2H3,(H,29,32). The van der Waals surface area contributed by atoms with Gasteiger partial charge in [-0.05, 0) is 68.7 Å². The molecule has 0 aliphatic heterocycles. The van der Waals surface area contributed by atoms with Crippen LogP contribution in [0.4, 0.5) is 0 Å². The average molecular weight is 487 g/mol. The molecular formula is C27H35ClN2O2S. The molecule has 6 heteroatoms. The van der Waals surface area contributed by atoms with E-state index in [1.54, 1.807) is 16.7 Å². The largest absolute Gasteiger partial charge is 0.352 e. The van der Waals surface area contributed by atoms with Crippen molar-refractivity contribution in [1.29, 1.82) is 0 Å². The molecule has 178 valence electrons. The quantitative estimate of drug-likeness (QED) is 0.313. The topological polar surface area (TPSA) is 49.4 Å². The van der Waals surface area contributed by atoms with E-state index in [2.05, 4.69) is 5.32 Å². The van der Waals surface area contributed by atoms with E-state index >= 15 is 0 Å². The van der Waals surface area contributed by atoms with Crippen LogP contribution in [0.2, 0.25) is 5.02 Å². The molecule has 1 aliphatic carbocycles. The third-order valence-corrected chi connectivity index (χ3v) is 7.56. The number of carbonyl (C=O) groups is 2. The van der Waals surface area contributed by atoms with Crippen molar-refractivity contribution in [3.63, 3.8) is 0 Å². The molecule has 1 fully saturated rings. The highest BCUT2D eigenvalue weighted by molar-refractivity contribution is 7.99. The van der Waals surface area contributed by atoms with Crippen LogP contribution in [0.15, 0.2) is 53.4 Å². The first-order valence-electron chi connectivity index (χ1n) is 12.0. The lowest BCUT2D eigenvalue weighted by atomic mass is 9.95. The SMILES string of the molecule is Cc1ccc(CN(C(=O)CCCSc2ccc(Cl)cc2)C(C)C(=O)NC2CCCCC2)cc1. The molecule has 2 aromatic rings. The fourth-order valence-corrected chi connectivity index (χ4v) is 5.11. The lowest BCUT2D eigenvalue weighted by Crippen LogP contribution is -2.50. The summed E-state index contributed by atoms with van der Waals surface area (Å²) in [5, 5.41) is 3.92. The molecule has 1 unspecified atom stereocenters. The number of halogens is 1. The van der Waals surface area contributed by atoms with Crippen molar-refractivity contribution in [3.8, 4) is 0 Å². The Labute approximate surface area is 207 Å². The molecule has 0 radical (unpaired) electrons. The van der Waals surface area contributed by atoms with Gasteiger partial charge in [-0.15, -0.1) is 11.8 Å². The monoisotopic (exact) mass is 486 g/mol. The summed E-state index contributed by atoms with van der Waals surface area (Å²) in [6, 6.07) is 15.7. The molecule has 0 bridgehead atoms. The predicted octanol–water partition coefficient (Wildman–Crippen LogP) is 6.39. The molecule has 0 aromatic heterocycles. The van der Waals surface area contributed by atoms with Crippen molar-refractivity contribution < 1.29 is 9.59 Å². The third kappa shape index (κ3) is 8.38. The summed E-state index contributed by atoms with van der Waals surface area (Å²) in [6.45, 7) is 4.35. The first-order valence-corrected chi connectivity index (χ1v) is 13.3. The van der Waals surface area contributed by atoms with Gasteiger partial charge in [0.2, 0.25) is 11.8 Å². The lowest BCUT2D eigenvalue weighted by molar-refractivity contribution is -0.141. The van der Waals surface area contributed by atoms with Crippen molar-refractivity contribution in [2.24, 2.45) is 0 Å². The molecule has 0 spiro atoms. The summed E-state index contributed by atoms with van der Waals surface area (Å²) < 4.78 is 0. The summed E-state index contributed by atoms with van der Waals surface area (Å²) in [5.41, 5.74) is 2.22. The van der Waals surface area contributed by atoms with E-state index < -0.39 is 6.04 Å². The first-order chi connectivity index (χ1) is 15.9. The van der Waals surface area contributed by atoms with Crippen LogP contribution in [0.3, 0.4) is 0 Å². The zero-order chi connectivity index (χ0) is 23.6. The van der Waals surface area contributed by atoms with Crippen LogP contribution in [-0.2, 0) is 16.1 Å². The van der Waals surface area contributed by atoms with Crippen LogP contribution in [0.1, 0.15) is 63.0 Å². The Morgan fingerprint density at radius 3 is 2.39 bits per heavy atom. The third-order valence-electron chi connectivity index (χ3n) is 6.21. The second-order valence-electron chi connectivity index (χ2n) is 8.93. The number of carbonyl (C=O) groups excluding carboxylic acids is 2. The van der Waals surface area contributed by atoms with Gasteiger partial charge in [-0.2, -0.15) is 0 Å². The van der Waals surface area contributed by atoms with Gasteiger partial charge in [0, 0.05) is 28.9 Å². The van der Waals surface area contributed by atoms with Crippen molar-refractivity contribution >= 4 is 35.2 Å². The number of amides is 2. The van der Waals surface area contributed by atoms with Crippen LogP contribution in [-0.4, -0.2) is 34.6 Å². The number of hydrogen-bond donors (Lipinski definition) is 1. The second kappa shape index (κ2) is 13.0. The summed E-state index contributed by atoms with van der Waals surface area (Å²) in [7, 11) is 0. The van der Waals surface area contributed by atoms with Gasteiger partial charge in [-0.3, -0.25) is 9.59 Å². The molecule has 33 heavy (non-hydrogen) atoms. The van der Waals surface area contributed by atoms with Gasteiger partial charge < -0.3 is 10.2 Å². The first kappa shape index (κ1) is 25.6. The number of aryl methyl sites for hydroxylation is 1. The molecular weight excluding hydrogens is 452 g/mol. The van der Waals surface area contributed by atoms with Gasteiger partial charge in [-0.25, -0.2) is 0 Å². The molecule has 2 aromatic carbocycles. The van der Waals surface area contributed by atoms with Crippen LogP contribution in [0.25, 0.3) is 0 Å². The molecule has 0 heterocycles. The van der Waals surface area contributed by atoms with E-state index in [1.165, 1.54) is 12.0 Å². The number of nitrogens with one attached hydrogen (secondary N) is 1. The highest BCUT2D eigenvalue weighted by Gasteiger charge is 2.27. The van der Waals surface area contributed by atoms with E-state index in [4.69, 9.17) is 11.6 Å². The van der Waals surface area contributed by atoms with Gasteiger partial charge in [0.25, 0.3) is 0 Å². The number of hydrogen-bond acceptors (Lipinski definition) is 3. The summed E-state index contributed by atoms with van der Waals surface area (Å²) in [4.78, 5) is 29.1. The number of nitrogens with zero attached hydrogens (tertiary/aromatic N) is 1. The van der Waals surface area contributed by atoms with E-state index in [1.807, 2.05) is 62.4 Å². The Balaban J connectivity index is 1.59. The normalized spacial score (nSPS) is 15.1. The molecule has 1 N–H and O–H groups in total. The van der Waals surface area contributed by atoms with E-state index in [-0.39, 0.29) is 17.9 Å². The highest BCUT2D eigenvalue weighted by Crippen LogP contribution is 2.22. The highest BCUT2D eigenvalue weighted by atomic mass is 35.5. The second-order valence-corrected chi connectivity index (χ2v) is 10.5. The van der Waals surface area contributed by atoms with Gasteiger partial charge in [0.15, 0.2) is 0 Å². The number of thioether (sulfide) groups is 1. The predicted molar refractivity (Wildman–Crippen MR) is 138 cm³/mol. The molecule has 1 aliphatic rings. The fraction of sp³-hybridized carbons (Fsp3) is 0.481. The minimum Gasteiger partial charge on any atom is -0.352 e. The lowest BCUT2D eigenvalue weighted by Gasteiger charge is -2.31. The zero-order valence-electron chi connectivity index (χ0n) is 19.7. The van der Waals surface area contributed by atoms with Gasteiger partial charge >= 0.3 is 0 Å². The maximum absolute atomic E-state index is 13.2. The Hall–Kier alpha value is -1.98. The minimum atomic E-state index is -0.496. The molecule has 3 rings (SSSR count). The maximum Gasteiger partial charge on any atom is 0.242 e. The van der Waals surface area contributed by atoms with Crippen molar-refractivity contribution in [1.82, 2.24) is 10.2 Å². The molecule has 0 saturated heterocycles. The number of rotatable bonds is 10. The Bertz CT molecular complexity index is 895. The Morgan fingerprint density at radius 1 is 1.06 bits per heavy atom. The zero-order valence-corrected chi connectivity index (χ0v) is 21.3. The van der Waals surface area contributed by atoms with Crippen LogP contribution in [0, 0.1) is 6.92 Å². The van der Waals surface area contributed by atoms with Crippen LogP contribution in [0.5, 0.6) is 0 Å². The van der Waals surface area contributed by atoms with Crippen molar-refractivity contribution in [2.75, 3.05) is 5.75 Å². The van der Waals surface area contributed by atoms with Crippen molar-refractivity contribution in [3.05, 3.63) is 64.7 Å². The maximum atomic E-state index is 13.2. The molecule has 2 amide bonds. The van der Waals surface area contributed by atoms with E-state index in [0.29, 0.717) is 13.0 Å². The average Bonchev–Trinajstić information content (AvgIpc) is 2.82. The van der Waals surface area contributed by atoms with Gasteiger partial charge in [-0.1, -0.05) is 60.7 Å². The Kier molecular flexibility index (Phi) is 10.1. The smallest absolute Gasteiger partial charge is 0.242 e. The van der Waals surface area contributed by atoms with Crippen molar-refractivity contribution in [2.45, 2.75) is 82.3 Å². The van der Waals surface area contributed by atoms with Crippen LogP contribution < -0.4 is 5.32 Å². The van der Waals surface area contributed by atoms with Crippen LogP contribution >= 0.6 is 23.4 Å².